The number of carbonyl (C=O) groups is 1. The van der Waals surface area contributed by atoms with Crippen molar-refractivity contribution in [3.05, 3.63) is 35.9 Å². The SMILES string of the molecule is COC1CC(C(=O)NCc2ccccc2)C1. The minimum absolute atomic E-state index is 0.147. The van der Waals surface area contributed by atoms with Crippen LogP contribution in [0.15, 0.2) is 30.3 Å². The molecule has 0 aromatic heterocycles. The molecule has 1 fully saturated rings. The van der Waals surface area contributed by atoms with Gasteiger partial charge in [-0.05, 0) is 18.4 Å². The third-order valence-corrected chi connectivity index (χ3v) is 3.11. The van der Waals surface area contributed by atoms with Gasteiger partial charge in [-0.25, -0.2) is 0 Å². The van der Waals surface area contributed by atoms with Gasteiger partial charge < -0.3 is 10.1 Å². The van der Waals surface area contributed by atoms with Gasteiger partial charge >= 0.3 is 0 Å². The summed E-state index contributed by atoms with van der Waals surface area (Å²) in [5.41, 5.74) is 1.14. The number of rotatable bonds is 4. The monoisotopic (exact) mass is 219 g/mol. The number of amides is 1. The van der Waals surface area contributed by atoms with E-state index < -0.39 is 0 Å². The average molecular weight is 219 g/mol. The number of benzene rings is 1. The molecule has 0 bridgehead atoms. The lowest BCUT2D eigenvalue weighted by Gasteiger charge is -2.32. The van der Waals surface area contributed by atoms with E-state index in [0.717, 1.165) is 18.4 Å². The molecule has 0 saturated heterocycles. The van der Waals surface area contributed by atoms with Gasteiger partial charge in [0.25, 0.3) is 0 Å². The van der Waals surface area contributed by atoms with Crippen LogP contribution in [0.3, 0.4) is 0 Å². The van der Waals surface area contributed by atoms with E-state index in [1.165, 1.54) is 0 Å². The smallest absolute Gasteiger partial charge is 0.223 e. The Hall–Kier alpha value is -1.35. The molecule has 1 aliphatic rings. The average Bonchev–Trinajstić information content (AvgIpc) is 2.26. The lowest BCUT2D eigenvalue weighted by molar-refractivity contribution is -0.132. The van der Waals surface area contributed by atoms with Gasteiger partial charge in [-0.15, -0.1) is 0 Å². The van der Waals surface area contributed by atoms with Crippen LogP contribution in [0.4, 0.5) is 0 Å². The molecule has 1 aliphatic carbocycles. The van der Waals surface area contributed by atoms with Gasteiger partial charge in [0.15, 0.2) is 0 Å². The topological polar surface area (TPSA) is 38.3 Å². The summed E-state index contributed by atoms with van der Waals surface area (Å²) in [5.74, 6) is 0.297. The summed E-state index contributed by atoms with van der Waals surface area (Å²) in [7, 11) is 1.70. The first-order chi connectivity index (χ1) is 7.79. The summed E-state index contributed by atoms with van der Waals surface area (Å²) in [6.45, 7) is 0.619. The van der Waals surface area contributed by atoms with E-state index in [0.29, 0.717) is 6.54 Å². The van der Waals surface area contributed by atoms with Crippen LogP contribution in [0.25, 0.3) is 0 Å². The van der Waals surface area contributed by atoms with Gasteiger partial charge in [-0.3, -0.25) is 4.79 Å². The Balaban J connectivity index is 1.73. The minimum Gasteiger partial charge on any atom is -0.381 e. The zero-order valence-corrected chi connectivity index (χ0v) is 9.48. The molecule has 3 nitrogen and oxygen atoms in total. The van der Waals surface area contributed by atoms with Crippen molar-refractivity contribution in [2.24, 2.45) is 5.92 Å². The van der Waals surface area contributed by atoms with Gasteiger partial charge in [0.1, 0.15) is 0 Å². The van der Waals surface area contributed by atoms with E-state index in [1.807, 2.05) is 30.3 Å². The van der Waals surface area contributed by atoms with Gasteiger partial charge in [-0.1, -0.05) is 30.3 Å². The molecule has 0 spiro atoms. The third-order valence-electron chi connectivity index (χ3n) is 3.11. The maximum absolute atomic E-state index is 11.7. The van der Waals surface area contributed by atoms with Crippen LogP contribution in [0.5, 0.6) is 0 Å². The fourth-order valence-corrected chi connectivity index (χ4v) is 1.90. The molecule has 86 valence electrons. The molecule has 16 heavy (non-hydrogen) atoms. The summed E-state index contributed by atoms with van der Waals surface area (Å²) in [6.07, 6.45) is 2.00. The van der Waals surface area contributed by atoms with Crippen LogP contribution >= 0.6 is 0 Å². The molecule has 2 rings (SSSR count). The van der Waals surface area contributed by atoms with Crippen LogP contribution in [0.2, 0.25) is 0 Å². The molecule has 3 heteroatoms. The number of carbonyl (C=O) groups excluding carboxylic acids is 1. The molecule has 1 saturated carbocycles. The molecule has 1 aromatic carbocycles. The molecule has 0 heterocycles. The van der Waals surface area contributed by atoms with Gasteiger partial charge in [0, 0.05) is 19.6 Å². The van der Waals surface area contributed by atoms with E-state index in [1.54, 1.807) is 7.11 Å². The summed E-state index contributed by atoms with van der Waals surface area (Å²) in [6, 6.07) is 9.95. The zero-order chi connectivity index (χ0) is 11.4. The van der Waals surface area contributed by atoms with Crippen LogP contribution in [0.1, 0.15) is 18.4 Å². The largest absolute Gasteiger partial charge is 0.381 e. The first-order valence-electron chi connectivity index (χ1n) is 5.64. The minimum atomic E-state index is 0.147. The number of hydrogen-bond donors (Lipinski definition) is 1. The van der Waals surface area contributed by atoms with Crippen molar-refractivity contribution in [2.45, 2.75) is 25.5 Å². The third kappa shape index (κ3) is 2.61. The van der Waals surface area contributed by atoms with E-state index in [2.05, 4.69) is 5.32 Å². The van der Waals surface area contributed by atoms with E-state index in [4.69, 9.17) is 4.74 Å². The van der Waals surface area contributed by atoms with E-state index >= 15 is 0 Å². The molecule has 0 atom stereocenters. The second-order valence-electron chi connectivity index (χ2n) is 4.23. The predicted octanol–water partition coefficient (Wildman–Crippen LogP) is 1.73. The van der Waals surface area contributed by atoms with Crippen LogP contribution in [-0.4, -0.2) is 19.1 Å². The number of hydrogen-bond acceptors (Lipinski definition) is 2. The van der Waals surface area contributed by atoms with Crippen LogP contribution in [-0.2, 0) is 16.1 Å². The Bertz CT molecular complexity index is 344. The van der Waals surface area contributed by atoms with Crippen molar-refractivity contribution in [3.63, 3.8) is 0 Å². The van der Waals surface area contributed by atoms with Gasteiger partial charge in [-0.2, -0.15) is 0 Å². The number of ether oxygens (including phenoxy) is 1. The zero-order valence-electron chi connectivity index (χ0n) is 9.48. The Kier molecular flexibility index (Phi) is 3.57. The van der Waals surface area contributed by atoms with Crippen molar-refractivity contribution in [1.29, 1.82) is 0 Å². The normalized spacial score (nSPS) is 23.6. The highest BCUT2D eigenvalue weighted by Gasteiger charge is 2.34. The Morgan fingerprint density at radius 1 is 1.38 bits per heavy atom. The fraction of sp³-hybridized carbons (Fsp3) is 0.462. The van der Waals surface area contributed by atoms with Crippen molar-refractivity contribution < 1.29 is 9.53 Å². The highest BCUT2D eigenvalue weighted by Crippen LogP contribution is 2.29. The van der Waals surface area contributed by atoms with E-state index in [9.17, 15) is 4.79 Å². The predicted molar refractivity (Wildman–Crippen MR) is 61.8 cm³/mol. The van der Waals surface area contributed by atoms with Gasteiger partial charge in [0.05, 0.1) is 6.10 Å². The molecular formula is C13H17NO2. The van der Waals surface area contributed by atoms with Gasteiger partial charge in [0.2, 0.25) is 5.91 Å². The summed E-state index contributed by atoms with van der Waals surface area (Å²) in [4.78, 5) is 11.7. The van der Waals surface area contributed by atoms with Crippen molar-refractivity contribution in [2.75, 3.05) is 7.11 Å². The van der Waals surface area contributed by atoms with Crippen LogP contribution < -0.4 is 5.32 Å². The Morgan fingerprint density at radius 2 is 2.06 bits per heavy atom. The Labute approximate surface area is 95.8 Å². The highest BCUT2D eigenvalue weighted by molar-refractivity contribution is 5.79. The first-order valence-corrected chi connectivity index (χ1v) is 5.64. The molecular weight excluding hydrogens is 202 g/mol. The standard InChI is InChI=1S/C13H17NO2/c1-16-12-7-11(8-12)13(15)14-9-10-5-3-2-4-6-10/h2-6,11-12H,7-9H2,1H3,(H,14,15). The van der Waals surface area contributed by atoms with Crippen molar-refractivity contribution in [3.8, 4) is 0 Å². The highest BCUT2D eigenvalue weighted by atomic mass is 16.5. The number of methoxy groups -OCH3 is 1. The quantitative estimate of drug-likeness (QED) is 0.837. The maximum Gasteiger partial charge on any atom is 0.223 e. The molecule has 1 N–H and O–H groups in total. The second kappa shape index (κ2) is 5.12. The molecule has 1 aromatic rings. The fourth-order valence-electron chi connectivity index (χ4n) is 1.90. The second-order valence-corrected chi connectivity index (χ2v) is 4.23. The summed E-state index contributed by atoms with van der Waals surface area (Å²) < 4.78 is 5.15. The van der Waals surface area contributed by atoms with E-state index in [-0.39, 0.29) is 17.9 Å². The molecule has 0 unspecified atom stereocenters. The first kappa shape index (κ1) is 11.1. The van der Waals surface area contributed by atoms with Crippen LogP contribution in [0, 0.1) is 5.92 Å². The summed E-state index contributed by atoms with van der Waals surface area (Å²) in [5, 5.41) is 2.95. The summed E-state index contributed by atoms with van der Waals surface area (Å²) >= 11 is 0. The molecule has 0 aliphatic heterocycles. The molecule has 1 amide bonds. The molecule has 0 radical (unpaired) electrons. The Morgan fingerprint density at radius 3 is 2.69 bits per heavy atom. The van der Waals surface area contributed by atoms with Crippen molar-refractivity contribution in [1.82, 2.24) is 5.32 Å². The maximum atomic E-state index is 11.7. The lowest BCUT2D eigenvalue weighted by Crippen LogP contribution is -2.41. The lowest BCUT2D eigenvalue weighted by atomic mass is 9.81. The number of nitrogens with one attached hydrogen (secondary N) is 1. The van der Waals surface area contributed by atoms with Crippen molar-refractivity contribution >= 4 is 5.91 Å².